The van der Waals surface area contributed by atoms with E-state index < -0.39 is 6.17 Å². The number of halogens is 2. The Hall–Kier alpha value is 0.370. The van der Waals surface area contributed by atoms with Crippen molar-refractivity contribution in [3.8, 4) is 0 Å². The first-order valence-corrected chi connectivity index (χ1v) is 4.76. The van der Waals surface area contributed by atoms with Crippen LogP contribution >= 0.6 is 15.9 Å². The second kappa shape index (κ2) is 4.29. The normalized spacial score (nSPS) is 28.8. The van der Waals surface area contributed by atoms with Crippen molar-refractivity contribution < 1.29 is 9.13 Å². The Kier molecular flexibility index (Phi) is 3.63. The van der Waals surface area contributed by atoms with Crippen molar-refractivity contribution in [3.63, 3.8) is 0 Å². The first kappa shape index (κ1) is 8.47. The molecule has 0 saturated carbocycles. The molecule has 0 aliphatic carbocycles. The van der Waals surface area contributed by atoms with Crippen LogP contribution in [0.3, 0.4) is 0 Å². The number of ether oxygens (including phenoxy) is 1. The van der Waals surface area contributed by atoms with Crippen molar-refractivity contribution in [2.24, 2.45) is 0 Å². The lowest BCUT2D eigenvalue weighted by molar-refractivity contribution is 0.0853. The Bertz CT molecular complexity index is 93.6. The largest absolute Gasteiger partial charge is 0.378 e. The molecule has 2 atom stereocenters. The van der Waals surface area contributed by atoms with E-state index in [1.165, 1.54) is 0 Å². The van der Waals surface area contributed by atoms with E-state index in [0.29, 0.717) is 11.8 Å². The molecule has 0 N–H and O–H groups in total. The van der Waals surface area contributed by atoms with Gasteiger partial charge < -0.3 is 4.74 Å². The highest BCUT2D eigenvalue weighted by molar-refractivity contribution is 9.09. The smallest absolute Gasteiger partial charge is 0.112 e. The van der Waals surface area contributed by atoms with Crippen molar-refractivity contribution >= 4 is 15.9 Å². The van der Waals surface area contributed by atoms with E-state index in [1.54, 1.807) is 0 Å². The van der Waals surface area contributed by atoms with Crippen LogP contribution in [0.1, 0.15) is 19.3 Å². The summed E-state index contributed by atoms with van der Waals surface area (Å²) in [6.45, 7) is 0.819. The van der Waals surface area contributed by atoms with Gasteiger partial charge in [0.15, 0.2) is 0 Å². The third-order valence-corrected chi connectivity index (χ3v) is 2.41. The van der Waals surface area contributed by atoms with E-state index in [2.05, 4.69) is 15.9 Å². The highest BCUT2D eigenvalue weighted by Gasteiger charge is 2.19. The van der Waals surface area contributed by atoms with Gasteiger partial charge in [0, 0.05) is 18.4 Å². The Balaban J connectivity index is 2.11. The lowest BCUT2D eigenvalue weighted by Gasteiger charge is -2.10. The van der Waals surface area contributed by atoms with Gasteiger partial charge in [-0.05, 0) is 12.8 Å². The van der Waals surface area contributed by atoms with Crippen LogP contribution in [-0.4, -0.2) is 24.2 Å². The number of hydrogen-bond donors (Lipinski definition) is 0. The van der Waals surface area contributed by atoms with E-state index in [1.807, 2.05) is 0 Å². The molecule has 3 heteroatoms. The zero-order valence-corrected chi connectivity index (χ0v) is 7.44. The van der Waals surface area contributed by atoms with E-state index in [0.717, 1.165) is 19.4 Å². The summed E-state index contributed by atoms with van der Waals surface area (Å²) in [5, 5.41) is 0.437. The highest BCUT2D eigenvalue weighted by atomic mass is 79.9. The molecule has 0 bridgehead atoms. The SMILES string of the molecule is F[C@@H](CBr)C[C@@H]1CCCO1. The van der Waals surface area contributed by atoms with Crippen LogP contribution in [0.15, 0.2) is 0 Å². The third kappa shape index (κ3) is 2.54. The molecule has 1 rings (SSSR count). The molecular formula is C7H12BrFO. The van der Waals surface area contributed by atoms with E-state index in [4.69, 9.17) is 4.74 Å². The van der Waals surface area contributed by atoms with Gasteiger partial charge in [-0.3, -0.25) is 0 Å². The monoisotopic (exact) mass is 210 g/mol. The van der Waals surface area contributed by atoms with Crippen LogP contribution in [0.25, 0.3) is 0 Å². The minimum Gasteiger partial charge on any atom is -0.378 e. The predicted molar refractivity (Wildman–Crippen MR) is 42.3 cm³/mol. The molecule has 1 saturated heterocycles. The van der Waals surface area contributed by atoms with Crippen molar-refractivity contribution in [1.82, 2.24) is 0 Å². The summed E-state index contributed by atoms with van der Waals surface area (Å²) < 4.78 is 17.9. The maximum Gasteiger partial charge on any atom is 0.112 e. The zero-order chi connectivity index (χ0) is 7.40. The lowest BCUT2D eigenvalue weighted by Crippen LogP contribution is -2.14. The zero-order valence-electron chi connectivity index (χ0n) is 5.85. The van der Waals surface area contributed by atoms with Gasteiger partial charge >= 0.3 is 0 Å². The summed E-state index contributed by atoms with van der Waals surface area (Å²) in [4.78, 5) is 0. The standard InChI is InChI=1S/C7H12BrFO/c8-5-6(9)4-7-2-1-3-10-7/h6-7H,1-5H2/t6-,7+/m1/s1. The summed E-state index contributed by atoms with van der Waals surface area (Å²) in [6.07, 6.45) is 2.15. The minimum absolute atomic E-state index is 0.188. The molecule has 60 valence electrons. The summed E-state index contributed by atoms with van der Waals surface area (Å²) in [5.41, 5.74) is 0. The molecule has 0 aromatic heterocycles. The molecule has 1 heterocycles. The van der Waals surface area contributed by atoms with Crippen molar-refractivity contribution in [1.29, 1.82) is 0 Å². The van der Waals surface area contributed by atoms with Gasteiger partial charge in [-0.2, -0.15) is 0 Å². The maximum atomic E-state index is 12.7. The molecule has 0 aromatic carbocycles. The van der Waals surface area contributed by atoms with Crippen LogP contribution in [-0.2, 0) is 4.74 Å². The number of alkyl halides is 2. The van der Waals surface area contributed by atoms with Gasteiger partial charge in [0.1, 0.15) is 6.17 Å². The molecule has 1 aliphatic rings. The molecular weight excluding hydrogens is 199 g/mol. The Morgan fingerprint density at radius 2 is 2.50 bits per heavy atom. The molecule has 0 amide bonds. The van der Waals surface area contributed by atoms with E-state index in [9.17, 15) is 4.39 Å². The summed E-state index contributed by atoms with van der Waals surface area (Å²) in [5.74, 6) is 0. The summed E-state index contributed by atoms with van der Waals surface area (Å²) in [6, 6.07) is 0. The van der Waals surface area contributed by atoms with Gasteiger partial charge in [0.2, 0.25) is 0 Å². The fraction of sp³-hybridized carbons (Fsp3) is 1.00. The van der Waals surface area contributed by atoms with Gasteiger partial charge in [0.25, 0.3) is 0 Å². The number of rotatable bonds is 3. The predicted octanol–water partition coefficient (Wildman–Crippen LogP) is 2.29. The molecule has 0 radical (unpaired) electrons. The second-order valence-electron chi connectivity index (χ2n) is 2.62. The molecule has 1 aliphatic heterocycles. The van der Waals surface area contributed by atoms with Crippen molar-refractivity contribution in [2.75, 3.05) is 11.9 Å². The molecule has 0 unspecified atom stereocenters. The first-order chi connectivity index (χ1) is 4.83. The van der Waals surface area contributed by atoms with Crippen molar-refractivity contribution in [2.45, 2.75) is 31.5 Å². The average molecular weight is 211 g/mol. The Morgan fingerprint density at radius 1 is 1.70 bits per heavy atom. The topological polar surface area (TPSA) is 9.23 Å². The van der Waals surface area contributed by atoms with Crippen LogP contribution in [0.2, 0.25) is 0 Å². The highest BCUT2D eigenvalue weighted by Crippen LogP contribution is 2.18. The van der Waals surface area contributed by atoms with E-state index >= 15 is 0 Å². The summed E-state index contributed by atoms with van der Waals surface area (Å²) in [7, 11) is 0. The third-order valence-electron chi connectivity index (χ3n) is 1.71. The van der Waals surface area contributed by atoms with Gasteiger partial charge in [-0.15, -0.1) is 0 Å². The Labute approximate surface area is 69.1 Å². The Morgan fingerprint density at radius 3 is 3.00 bits per heavy atom. The minimum atomic E-state index is -0.733. The van der Waals surface area contributed by atoms with Crippen LogP contribution in [0.5, 0.6) is 0 Å². The fourth-order valence-electron chi connectivity index (χ4n) is 1.18. The molecule has 1 fully saturated rings. The molecule has 10 heavy (non-hydrogen) atoms. The fourth-order valence-corrected chi connectivity index (χ4v) is 1.44. The van der Waals surface area contributed by atoms with Gasteiger partial charge in [-0.1, -0.05) is 15.9 Å². The van der Waals surface area contributed by atoms with Gasteiger partial charge in [0.05, 0.1) is 6.10 Å². The van der Waals surface area contributed by atoms with Crippen molar-refractivity contribution in [3.05, 3.63) is 0 Å². The van der Waals surface area contributed by atoms with E-state index in [-0.39, 0.29) is 6.10 Å². The maximum absolute atomic E-state index is 12.7. The van der Waals surface area contributed by atoms with Crippen LogP contribution in [0, 0.1) is 0 Å². The number of hydrogen-bond acceptors (Lipinski definition) is 1. The average Bonchev–Trinajstić information content (AvgIpc) is 2.40. The molecule has 0 aromatic rings. The van der Waals surface area contributed by atoms with Crippen LogP contribution in [0.4, 0.5) is 4.39 Å². The quantitative estimate of drug-likeness (QED) is 0.650. The first-order valence-electron chi connectivity index (χ1n) is 3.64. The molecule has 1 nitrogen and oxygen atoms in total. The molecule has 0 spiro atoms. The summed E-state index contributed by atoms with van der Waals surface area (Å²) >= 11 is 3.09. The van der Waals surface area contributed by atoms with Crippen LogP contribution < -0.4 is 0 Å². The lowest BCUT2D eigenvalue weighted by atomic mass is 10.1. The second-order valence-corrected chi connectivity index (χ2v) is 3.27. The van der Waals surface area contributed by atoms with Gasteiger partial charge in [-0.25, -0.2) is 4.39 Å².